The molecule has 2 rings (SSSR count). The summed E-state index contributed by atoms with van der Waals surface area (Å²) >= 11 is 0. The summed E-state index contributed by atoms with van der Waals surface area (Å²) < 4.78 is 13.2. The predicted molar refractivity (Wildman–Crippen MR) is 88.0 cm³/mol. The molecular weight excluding hydrogens is 295 g/mol. The van der Waals surface area contributed by atoms with Crippen molar-refractivity contribution >= 4 is 17.5 Å². The molecule has 0 atom stereocenters. The molecule has 0 aliphatic carbocycles. The van der Waals surface area contributed by atoms with Gasteiger partial charge in [0.25, 0.3) is 11.8 Å². The minimum Gasteiger partial charge on any atom is -0.339 e. The van der Waals surface area contributed by atoms with Gasteiger partial charge in [0.05, 0.1) is 0 Å². The number of carbonyl (C=O) groups excluding carboxylic acids is 2. The Bertz CT molecular complexity index is 712. The molecule has 0 saturated carbocycles. The Labute approximate surface area is 134 Å². The van der Waals surface area contributed by atoms with Gasteiger partial charge in [-0.25, -0.2) is 4.39 Å². The highest BCUT2D eigenvalue weighted by molar-refractivity contribution is 6.06. The monoisotopic (exact) mass is 314 g/mol. The molecule has 2 aromatic rings. The first-order valence-corrected chi connectivity index (χ1v) is 7.51. The number of amides is 2. The molecule has 2 amide bonds. The van der Waals surface area contributed by atoms with Crippen LogP contribution in [0.5, 0.6) is 0 Å². The van der Waals surface area contributed by atoms with E-state index in [9.17, 15) is 14.0 Å². The molecule has 0 radical (unpaired) electrons. The third-order valence-electron chi connectivity index (χ3n) is 3.50. The Morgan fingerprint density at radius 1 is 1.00 bits per heavy atom. The van der Waals surface area contributed by atoms with E-state index in [2.05, 4.69) is 5.32 Å². The van der Waals surface area contributed by atoms with Crippen LogP contribution in [-0.4, -0.2) is 29.8 Å². The van der Waals surface area contributed by atoms with E-state index < -0.39 is 5.82 Å². The van der Waals surface area contributed by atoms with Crippen molar-refractivity contribution in [3.63, 3.8) is 0 Å². The van der Waals surface area contributed by atoms with Gasteiger partial charge < -0.3 is 10.2 Å². The molecule has 0 fully saturated rings. The zero-order chi connectivity index (χ0) is 16.8. The lowest BCUT2D eigenvalue weighted by atomic mass is 10.1. The normalized spacial score (nSPS) is 10.2. The number of hydrogen-bond donors (Lipinski definition) is 1. The molecule has 1 N–H and O–H groups in total. The van der Waals surface area contributed by atoms with Crippen molar-refractivity contribution in [3.05, 3.63) is 65.5 Å². The quantitative estimate of drug-likeness (QED) is 0.917. The lowest BCUT2D eigenvalue weighted by Gasteiger charge is -2.18. The summed E-state index contributed by atoms with van der Waals surface area (Å²) in [5.41, 5.74) is 1.18. The molecule has 0 aliphatic rings. The molecule has 4 nitrogen and oxygen atoms in total. The van der Waals surface area contributed by atoms with Crippen LogP contribution < -0.4 is 5.32 Å². The van der Waals surface area contributed by atoms with Gasteiger partial charge in [0, 0.05) is 29.9 Å². The second-order valence-corrected chi connectivity index (χ2v) is 5.02. The standard InChI is InChI=1S/C18H19FN2O2/c1-3-21(4-2)18(23)14-8-5-7-13(11-14)17(22)20-16-10-6-9-15(19)12-16/h5-12H,3-4H2,1-2H3,(H,20,22). The second-order valence-electron chi connectivity index (χ2n) is 5.02. The fourth-order valence-corrected chi connectivity index (χ4v) is 2.26. The zero-order valence-corrected chi connectivity index (χ0v) is 13.2. The van der Waals surface area contributed by atoms with Crippen LogP contribution in [-0.2, 0) is 0 Å². The Balaban J connectivity index is 2.19. The van der Waals surface area contributed by atoms with Crippen LogP contribution in [0.25, 0.3) is 0 Å². The first-order chi connectivity index (χ1) is 11.0. The van der Waals surface area contributed by atoms with Gasteiger partial charge in [-0.2, -0.15) is 0 Å². The molecule has 0 unspecified atom stereocenters. The van der Waals surface area contributed by atoms with Gasteiger partial charge in [0.15, 0.2) is 0 Å². The van der Waals surface area contributed by atoms with Gasteiger partial charge >= 0.3 is 0 Å². The third-order valence-corrected chi connectivity index (χ3v) is 3.50. The minimum atomic E-state index is -0.423. The fourth-order valence-electron chi connectivity index (χ4n) is 2.26. The summed E-state index contributed by atoms with van der Waals surface area (Å²) in [7, 11) is 0. The number of benzene rings is 2. The zero-order valence-electron chi connectivity index (χ0n) is 13.2. The molecular formula is C18H19FN2O2. The molecule has 0 saturated heterocycles. The molecule has 2 aromatic carbocycles. The van der Waals surface area contributed by atoms with Crippen molar-refractivity contribution < 1.29 is 14.0 Å². The van der Waals surface area contributed by atoms with E-state index in [1.54, 1.807) is 35.2 Å². The maximum Gasteiger partial charge on any atom is 0.255 e. The largest absolute Gasteiger partial charge is 0.339 e. The fraction of sp³-hybridized carbons (Fsp3) is 0.222. The van der Waals surface area contributed by atoms with Crippen LogP contribution in [0, 0.1) is 5.82 Å². The number of carbonyl (C=O) groups is 2. The number of rotatable bonds is 5. The highest BCUT2D eigenvalue weighted by Crippen LogP contribution is 2.13. The highest BCUT2D eigenvalue weighted by atomic mass is 19.1. The van der Waals surface area contributed by atoms with E-state index in [4.69, 9.17) is 0 Å². The molecule has 0 aromatic heterocycles. The average molecular weight is 314 g/mol. The lowest BCUT2D eigenvalue weighted by molar-refractivity contribution is 0.0773. The maximum atomic E-state index is 13.2. The summed E-state index contributed by atoms with van der Waals surface area (Å²) in [6, 6.07) is 12.2. The summed E-state index contributed by atoms with van der Waals surface area (Å²) in [6.45, 7) is 5.02. The third kappa shape index (κ3) is 4.16. The van der Waals surface area contributed by atoms with Crippen LogP contribution >= 0.6 is 0 Å². The van der Waals surface area contributed by atoms with Crippen LogP contribution in [0.4, 0.5) is 10.1 Å². The lowest BCUT2D eigenvalue weighted by Crippen LogP contribution is -2.30. The topological polar surface area (TPSA) is 49.4 Å². The van der Waals surface area contributed by atoms with Gasteiger partial charge in [-0.3, -0.25) is 9.59 Å². The second kappa shape index (κ2) is 7.54. The van der Waals surface area contributed by atoms with E-state index in [1.807, 2.05) is 13.8 Å². The van der Waals surface area contributed by atoms with E-state index in [0.717, 1.165) is 0 Å². The van der Waals surface area contributed by atoms with Crippen LogP contribution in [0.15, 0.2) is 48.5 Å². The number of hydrogen-bond acceptors (Lipinski definition) is 2. The number of nitrogens with zero attached hydrogens (tertiary/aromatic N) is 1. The summed E-state index contributed by atoms with van der Waals surface area (Å²) in [5.74, 6) is -0.923. The Kier molecular flexibility index (Phi) is 5.46. The van der Waals surface area contributed by atoms with Gasteiger partial charge in [-0.15, -0.1) is 0 Å². The number of nitrogens with one attached hydrogen (secondary N) is 1. The van der Waals surface area contributed by atoms with Crippen molar-refractivity contribution in [1.29, 1.82) is 0 Å². The van der Waals surface area contributed by atoms with Gasteiger partial charge in [0.1, 0.15) is 5.82 Å². The smallest absolute Gasteiger partial charge is 0.255 e. The predicted octanol–water partition coefficient (Wildman–Crippen LogP) is 3.56. The number of anilines is 1. The Hall–Kier alpha value is -2.69. The highest BCUT2D eigenvalue weighted by Gasteiger charge is 2.14. The van der Waals surface area contributed by atoms with Crippen LogP contribution in [0.2, 0.25) is 0 Å². The first-order valence-electron chi connectivity index (χ1n) is 7.51. The van der Waals surface area contributed by atoms with Crippen molar-refractivity contribution in [2.75, 3.05) is 18.4 Å². The van der Waals surface area contributed by atoms with Crippen molar-refractivity contribution in [3.8, 4) is 0 Å². The SMILES string of the molecule is CCN(CC)C(=O)c1cccc(C(=O)Nc2cccc(F)c2)c1. The van der Waals surface area contributed by atoms with Crippen molar-refractivity contribution in [1.82, 2.24) is 4.90 Å². The molecule has 23 heavy (non-hydrogen) atoms. The molecule has 0 aliphatic heterocycles. The molecule has 0 bridgehead atoms. The summed E-state index contributed by atoms with van der Waals surface area (Å²) in [5, 5.41) is 2.62. The van der Waals surface area contributed by atoms with E-state index in [1.165, 1.54) is 18.2 Å². The van der Waals surface area contributed by atoms with E-state index in [0.29, 0.717) is 29.9 Å². The minimum absolute atomic E-state index is 0.115. The van der Waals surface area contributed by atoms with E-state index >= 15 is 0 Å². The molecule has 0 heterocycles. The van der Waals surface area contributed by atoms with E-state index in [-0.39, 0.29) is 11.8 Å². The van der Waals surface area contributed by atoms with Gasteiger partial charge in [-0.1, -0.05) is 12.1 Å². The van der Waals surface area contributed by atoms with Gasteiger partial charge in [0.2, 0.25) is 0 Å². The molecule has 120 valence electrons. The van der Waals surface area contributed by atoms with Crippen molar-refractivity contribution in [2.24, 2.45) is 0 Å². The van der Waals surface area contributed by atoms with Crippen molar-refractivity contribution in [2.45, 2.75) is 13.8 Å². The Morgan fingerprint density at radius 2 is 1.65 bits per heavy atom. The molecule has 0 spiro atoms. The Morgan fingerprint density at radius 3 is 2.30 bits per heavy atom. The van der Waals surface area contributed by atoms with Crippen LogP contribution in [0.1, 0.15) is 34.6 Å². The van der Waals surface area contributed by atoms with Crippen LogP contribution in [0.3, 0.4) is 0 Å². The summed E-state index contributed by atoms with van der Waals surface area (Å²) in [4.78, 5) is 26.3. The molecule has 5 heteroatoms. The summed E-state index contributed by atoms with van der Waals surface area (Å²) in [6.07, 6.45) is 0. The number of halogens is 1. The van der Waals surface area contributed by atoms with Gasteiger partial charge in [-0.05, 0) is 50.2 Å². The first kappa shape index (κ1) is 16.7. The average Bonchev–Trinajstić information content (AvgIpc) is 2.56. The maximum absolute atomic E-state index is 13.2.